The fourth-order valence-electron chi connectivity index (χ4n) is 1.80. The Bertz CT molecular complexity index is 429. The second-order valence-electron chi connectivity index (χ2n) is 4.51. The molecule has 2 nitrogen and oxygen atoms in total. The Hall–Kier alpha value is -1.52. The topological polar surface area (TPSA) is 20.3 Å². The molecule has 0 unspecified atom stereocenters. The molecular weight excluding hydrogens is 255 g/mol. The maximum atomic E-state index is 12.5. The summed E-state index contributed by atoms with van der Waals surface area (Å²) in [4.78, 5) is 13.1. The van der Waals surface area contributed by atoms with Gasteiger partial charge in [0.25, 0.3) is 5.91 Å². The van der Waals surface area contributed by atoms with Crippen molar-refractivity contribution >= 4 is 5.91 Å². The van der Waals surface area contributed by atoms with Crippen LogP contribution in [0.4, 0.5) is 13.2 Å². The van der Waals surface area contributed by atoms with Crippen molar-refractivity contribution in [3.8, 4) is 0 Å². The highest BCUT2D eigenvalue weighted by atomic mass is 19.4. The van der Waals surface area contributed by atoms with Gasteiger partial charge in [-0.3, -0.25) is 4.79 Å². The molecule has 0 atom stereocenters. The standard InChI is InChI=1S/C14H18F3NO/c1-3-4-9-18(10-14(15,16)17)13(19)12-8-6-5-7-11(12)2/h5-8H,3-4,9-10H2,1-2H3. The Kier molecular flexibility index (Phi) is 5.39. The highest BCUT2D eigenvalue weighted by Gasteiger charge is 2.33. The molecule has 0 saturated carbocycles. The molecule has 0 fully saturated rings. The van der Waals surface area contributed by atoms with Crippen molar-refractivity contribution in [1.29, 1.82) is 0 Å². The van der Waals surface area contributed by atoms with Crippen molar-refractivity contribution in [2.24, 2.45) is 0 Å². The zero-order valence-electron chi connectivity index (χ0n) is 11.1. The van der Waals surface area contributed by atoms with Crippen molar-refractivity contribution in [2.75, 3.05) is 13.1 Å². The SMILES string of the molecule is CCCCN(CC(F)(F)F)C(=O)c1ccccc1C. The number of nitrogens with zero attached hydrogens (tertiary/aromatic N) is 1. The zero-order valence-corrected chi connectivity index (χ0v) is 11.1. The molecule has 1 rings (SSSR count). The van der Waals surface area contributed by atoms with E-state index in [4.69, 9.17) is 0 Å². The van der Waals surface area contributed by atoms with Crippen molar-refractivity contribution in [3.05, 3.63) is 35.4 Å². The molecule has 0 aliphatic heterocycles. The minimum Gasteiger partial charge on any atom is -0.330 e. The van der Waals surface area contributed by atoms with Gasteiger partial charge < -0.3 is 4.90 Å². The largest absolute Gasteiger partial charge is 0.406 e. The summed E-state index contributed by atoms with van der Waals surface area (Å²) in [6.07, 6.45) is -3.06. The number of aryl methyl sites for hydroxylation is 1. The lowest BCUT2D eigenvalue weighted by Crippen LogP contribution is -2.39. The number of benzene rings is 1. The molecule has 0 aromatic heterocycles. The number of hydrogen-bond acceptors (Lipinski definition) is 1. The number of hydrogen-bond donors (Lipinski definition) is 0. The summed E-state index contributed by atoms with van der Waals surface area (Å²) in [6.45, 7) is 2.53. The van der Waals surface area contributed by atoms with Crippen LogP contribution in [-0.2, 0) is 0 Å². The smallest absolute Gasteiger partial charge is 0.330 e. The molecule has 0 N–H and O–H groups in total. The van der Waals surface area contributed by atoms with E-state index in [1.807, 2.05) is 6.92 Å². The number of unbranched alkanes of at least 4 members (excludes halogenated alkanes) is 1. The van der Waals surface area contributed by atoms with Crippen molar-refractivity contribution in [2.45, 2.75) is 32.9 Å². The second kappa shape index (κ2) is 6.59. The van der Waals surface area contributed by atoms with Crippen LogP contribution in [0, 0.1) is 6.92 Å². The van der Waals surface area contributed by atoms with Crippen LogP contribution in [0.3, 0.4) is 0 Å². The van der Waals surface area contributed by atoms with E-state index in [1.165, 1.54) is 0 Å². The van der Waals surface area contributed by atoms with Gasteiger partial charge in [0.1, 0.15) is 6.54 Å². The maximum Gasteiger partial charge on any atom is 0.406 e. The van der Waals surface area contributed by atoms with Crippen LogP contribution in [0.2, 0.25) is 0 Å². The molecule has 0 spiro atoms. The Labute approximate surface area is 111 Å². The molecule has 0 saturated heterocycles. The molecule has 0 aliphatic carbocycles. The van der Waals surface area contributed by atoms with E-state index in [9.17, 15) is 18.0 Å². The normalized spacial score (nSPS) is 11.4. The van der Waals surface area contributed by atoms with Crippen molar-refractivity contribution < 1.29 is 18.0 Å². The summed E-state index contributed by atoms with van der Waals surface area (Å²) < 4.78 is 37.5. The van der Waals surface area contributed by atoms with E-state index in [2.05, 4.69) is 0 Å². The van der Waals surface area contributed by atoms with E-state index in [0.29, 0.717) is 17.5 Å². The third-order valence-electron chi connectivity index (χ3n) is 2.81. The van der Waals surface area contributed by atoms with Gasteiger partial charge in [0.2, 0.25) is 0 Å². The lowest BCUT2D eigenvalue weighted by atomic mass is 10.1. The first-order valence-electron chi connectivity index (χ1n) is 6.27. The first kappa shape index (κ1) is 15.5. The zero-order chi connectivity index (χ0) is 14.5. The first-order valence-corrected chi connectivity index (χ1v) is 6.27. The molecule has 1 amide bonds. The first-order chi connectivity index (χ1) is 8.85. The van der Waals surface area contributed by atoms with E-state index >= 15 is 0 Å². The van der Waals surface area contributed by atoms with Crippen LogP contribution in [0.5, 0.6) is 0 Å². The van der Waals surface area contributed by atoms with Gasteiger partial charge in [0.05, 0.1) is 0 Å². The monoisotopic (exact) mass is 273 g/mol. The number of alkyl halides is 3. The molecule has 0 bridgehead atoms. The van der Waals surface area contributed by atoms with E-state index in [0.717, 1.165) is 11.3 Å². The quantitative estimate of drug-likeness (QED) is 0.799. The van der Waals surface area contributed by atoms with Gasteiger partial charge >= 0.3 is 6.18 Å². The van der Waals surface area contributed by atoms with Gasteiger partial charge in [-0.05, 0) is 25.0 Å². The average molecular weight is 273 g/mol. The Morgan fingerprint density at radius 1 is 1.26 bits per heavy atom. The molecule has 0 aliphatic rings. The molecular formula is C14H18F3NO. The van der Waals surface area contributed by atoms with Crippen molar-refractivity contribution in [1.82, 2.24) is 4.90 Å². The summed E-state index contributed by atoms with van der Waals surface area (Å²) in [5, 5.41) is 0. The second-order valence-corrected chi connectivity index (χ2v) is 4.51. The van der Waals surface area contributed by atoms with Gasteiger partial charge in [-0.1, -0.05) is 31.5 Å². The Morgan fingerprint density at radius 2 is 1.89 bits per heavy atom. The van der Waals surface area contributed by atoms with Crippen LogP contribution < -0.4 is 0 Å². The highest BCUT2D eigenvalue weighted by molar-refractivity contribution is 5.95. The van der Waals surface area contributed by atoms with Gasteiger partial charge in [-0.15, -0.1) is 0 Å². The number of carbonyl (C=O) groups excluding carboxylic acids is 1. The summed E-state index contributed by atoms with van der Waals surface area (Å²) in [7, 11) is 0. The van der Waals surface area contributed by atoms with Gasteiger partial charge in [0.15, 0.2) is 0 Å². The third kappa shape index (κ3) is 4.93. The van der Waals surface area contributed by atoms with E-state index in [1.54, 1.807) is 31.2 Å². The predicted octanol–water partition coefficient (Wildman–Crippen LogP) is 3.80. The summed E-state index contributed by atoms with van der Waals surface area (Å²) in [6, 6.07) is 6.70. The summed E-state index contributed by atoms with van der Waals surface area (Å²) in [5.74, 6) is -0.552. The van der Waals surface area contributed by atoms with E-state index in [-0.39, 0.29) is 6.54 Å². The Balaban J connectivity index is 2.91. The fourth-order valence-corrected chi connectivity index (χ4v) is 1.80. The molecule has 19 heavy (non-hydrogen) atoms. The highest BCUT2D eigenvalue weighted by Crippen LogP contribution is 2.19. The maximum absolute atomic E-state index is 12.5. The lowest BCUT2D eigenvalue weighted by Gasteiger charge is -2.24. The number of halogens is 3. The van der Waals surface area contributed by atoms with Crippen LogP contribution >= 0.6 is 0 Å². The number of amides is 1. The van der Waals surface area contributed by atoms with E-state index < -0.39 is 18.6 Å². The third-order valence-corrected chi connectivity index (χ3v) is 2.81. The van der Waals surface area contributed by atoms with Crippen LogP contribution in [0.25, 0.3) is 0 Å². The molecule has 5 heteroatoms. The molecule has 0 radical (unpaired) electrons. The molecule has 106 valence electrons. The molecule has 0 heterocycles. The number of carbonyl (C=O) groups is 1. The van der Waals surface area contributed by atoms with Crippen LogP contribution in [-0.4, -0.2) is 30.1 Å². The molecule has 1 aromatic carbocycles. The summed E-state index contributed by atoms with van der Waals surface area (Å²) in [5.41, 5.74) is 1.03. The fraction of sp³-hybridized carbons (Fsp3) is 0.500. The van der Waals surface area contributed by atoms with Crippen LogP contribution in [0.1, 0.15) is 35.7 Å². The van der Waals surface area contributed by atoms with Gasteiger partial charge in [-0.2, -0.15) is 13.2 Å². The average Bonchev–Trinajstić information content (AvgIpc) is 2.33. The lowest BCUT2D eigenvalue weighted by molar-refractivity contribution is -0.140. The van der Waals surface area contributed by atoms with Crippen LogP contribution in [0.15, 0.2) is 24.3 Å². The predicted molar refractivity (Wildman–Crippen MR) is 68.0 cm³/mol. The minimum atomic E-state index is -4.37. The molecule has 1 aromatic rings. The van der Waals surface area contributed by atoms with Gasteiger partial charge in [-0.25, -0.2) is 0 Å². The Morgan fingerprint density at radius 3 is 2.42 bits per heavy atom. The summed E-state index contributed by atoms with van der Waals surface area (Å²) >= 11 is 0. The minimum absolute atomic E-state index is 0.128. The number of rotatable bonds is 5. The van der Waals surface area contributed by atoms with Crippen molar-refractivity contribution in [3.63, 3.8) is 0 Å². The van der Waals surface area contributed by atoms with Gasteiger partial charge in [0, 0.05) is 12.1 Å².